The number of hydrogen-bond acceptors (Lipinski definition) is 3. The number of esters is 1. The number of ether oxygens (including phenoxy) is 1. The summed E-state index contributed by atoms with van der Waals surface area (Å²) in [4.78, 5) is 11.7. The minimum Gasteiger partial charge on any atom is -0.456 e. The van der Waals surface area contributed by atoms with E-state index in [-0.39, 0.29) is 5.97 Å². The molecule has 3 nitrogen and oxygen atoms in total. The van der Waals surface area contributed by atoms with Gasteiger partial charge in [0.2, 0.25) is 0 Å². The quantitative estimate of drug-likeness (QED) is 0.812. The molecule has 1 aromatic carbocycles. The van der Waals surface area contributed by atoms with E-state index in [9.17, 15) is 4.79 Å². The van der Waals surface area contributed by atoms with E-state index >= 15 is 0 Å². The SMILES string of the molecule is O=C(OCC1=CCCCCN1)c1ccccc1. The summed E-state index contributed by atoms with van der Waals surface area (Å²) >= 11 is 0. The van der Waals surface area contributed by atoms with E-state index in [2.05, 4.69) is 11.4 Å². The normalized spacial score (nSPS) is 15.4. The predicted molar refractivity (Wildman–Crippen MR) is 66.7 cm³/mol. The molecular weight excluding hydrogens is 214 g/mol. The molecule has 1 aliphatic heterocycles. The maximum absolute atomic E-state index is 11.7. The van der Waals surface area contributed by atoms with Crippen molar-refractivity contribution >= 4 is 5.97 Å². The highest BCUT2D eigenvalue weighted by Crippen LogP contribution is 2.07. The average molecular weight is 231 g/mol. The Labute approximate surface area is 101 Å². The van der Waals surface area contributed by atoms with E-state index in [0.717, 1.165) is 18.7 Å². The largest absolute Gasteiger partial charge is 0.456 e. The molecule has 1 aliphatic rings. The van der Waals surface area contributed by atoms with Crippen LogP contribution in [0.1, 0.15) is 29.6 Å². The zero-order valence-corrected chi connectivity index (χ0v) is 9.82. The number of nitrogens with one attached hydrogen (secondary N) is 1. The molecule has 0 saturated carbocycles. The highest BCUT2D eigenvalue weighted by Gasteiger charge is 2.08. The number of carbonyl (C=O) groups is 1. The first-order chi connectivity index (χ1) is 8.36. The fraction of sp³-hybridized carbons (Fsp3) is 0.357. The minimum atomic E-state index is -0.266. The van der Waals surface area contributed by atoms with Crippen LogP contribution in [0.15, 0.2) is 42.1 Å². The molecule has 0 atom stereocenters. The van der Waals surface area contributed by atoms with Crippen molar-refractivity contribution in [3.8, 4) is 0 Å². The molecule has 17 heavy (non-hydrogen) atoms. The standard InChI is InChI=1S/C14H17NO2/c16-14(12-7-3-1-4-8-12)17-11-13-9-5-2-6-10-15-13/h1,3-4,7-9,15H,2,5-6,10-11H2. The fourth-order valence-electron chi connectivity index (χ4n) is 1.78. The summed E-state index contributed by atoms with van der Waals surface area (Å²) in [7, 11) is 0. The third kappa shape index (κ3) is 3.63. The van der Waals surface area contributed by atoms with Crippen molar-refractivity contribution in [2.45, 2.75) is 19.3 Å². The van der Waals surface area contributed by atoms with Gasteiger partial charge in [-0.2, -0.15) is 0 Å². The molecular formula is C14H17NO2. The molecule has 0 fully saturated rings. The van der Waals surface area contributed by atoms with Crippen molar-refractivity contribution in [3.05, 3.63) is 47.7 Å². The van der Waals surface area contributed by atoms with Gasteiger partial charge in [0.25, 0.3) is 0 Å². The smallest absolute Gasteiger partial charge is 0.338 e. The lowest BCUT2D eigenvalue weighted by atomic mass is 10.2. The van der Waals surface area contributed by atoms with Crippen LogP contribution >= 0.6 is 0 Å². The van der Waals surface area contributed by atoms with E-state index in [1.807, 2.05) is 18.2 Å². The van der Waals surface area contributed by atoms with Gasteiger partial charge in [-0.05, 0) is 31.4 Å². The van der Waals surface area contributed by atoms with Gasteiger partial charge in [-0.3, -0.25) is 0 Å². The van der Waals surface area contributed by atoms with Gasteiger partial charge in [0.05, 0.1) is 5.56 Å². The van der Waals surface area contributed by atoms with E-state index in [0.29, 0.717) is 12.2 Å². The molecule has 0 aromatic heterocycles. The lowest BCUT2D eigenvalue weighted by Crippen LogP contribution is -2.19. The Morgan fingerprint density at radius 1 is 1.24 bits per heavy atom. The number of allylic oxidation sites excluding steroid dienone is 1. The summed E-state index contributed by atoms with van der Waals surface area (Å²) in [6.45, 7) is 1.31. The first-order valence-corrected chi connectivity index (χ1v) is 6.01. The van der Waals surface area contributed by atoms with Gasteiger partial charge in [0, 0.05) is 12.2 Å². The van der Waals surface area contributed by atoms with Gasteiger partial charge in [-0.25, -0.2) is 4.79 Å². The van der Waals surface area contributed by atoms with Crippen LogP contribution in [0.5, 0.6) is 0 Å². The van der Waals surface area contributed by atoms with Crippen molar-refractivity contribution in [3.63, 3.8) is 0 Å². The number of rotatable bonds is 3. The summed E-state index contributed by atoms with van der Waals surface area (Å²) in [5.74, 6) is -0.266. The Morgan fingerprint density at radius 3 is 2.88 bits per heavy atom. The highest BCUT2D eigenvalue weighted by atomic mass is 16.5. The van der Waals surface area contributed by atoms with Crippen molar-refractivity contribution < 1.29 is 9.53 Å². The van der Waals surface area contributed by atoms with Gasteiger partial charge >= 0.3 is 5.97 Å². The van der Waals surface area contributed by atoms with Crippen molar-refractivity contribution in [2.24, 2.45) is 0 Å². The molecule has 90 valence electrons. The van der Waals surface area contributed by atoms with Crippen LogP contribution in [0.4, 0.5) is 0 Å². The summed E-state index contributed by atoms with van der Waals surface area (Å²) in [5, 5.41) is 3.27. The summed E-state index contributed by atoms with van der Waals surface area (Å²) in [6, 6.07) is 9.07. The highest BCUT2D eigenvalue weighted by molar-refractivity contribution is 5.89. The van der Waals surface area contributed by atoms with E-state index < -0.39 is 0 Å². The Kier molecular flexibility index (Phi) is 4.19. The number of benzene rings is 1. The molecule has 0 bridgehead atoms. The van der Waals surface area contributed by atoms with Crippen molar-refractivity contribution in [1.29, 1.82) is 0 Å². The van der Waals surface area contributed by atoms with Gasteiger partial charge in [-0.15, -0.1) is 0 Å². The van der Waals surface area contributed by atoms with E-state index in [4.69, 9.17) is 4.74 Å². The van der Waals surface area contributed by atoms with Gasteiger partial charge in [-0.1, -0.05) is 24.3 Å². The van der Waals surface area contributed by atoms with Crippen LogP contribution in [0.3, 0.4) is 0 Å². The number of carbonyl (C=O) groups excluding carboxylic acids is 1. The summed E-state index contributed by atoms with van der Waals surface area (Å²) < 4.78 is 5.25. The molecule has 2 rings (SSSR count). The van der Waals surface area contributed by atoms with Gasteiger partial charge in [0.15, 0.2) is 0 Å². The molecule has 0 saturated heterocycles. The second-order valence-corrected chi connectivity index (χ2v) is 4.09. The third-order valence-corrected chi connectivity index (χ3v) is 2.74. The first-order valence-electron chi connectivity index (χ1n) is 6.01. The van der Waals surface area contributed by atoms with Gasteiger partial charge < -0.3 is 10.1 Å². The van der Waals surface area contributed by atoms with Crippen molar-refractivity contribution in [2.75, 3.05) is 13.2 Å². The second kappa shape index (κ2) is 6.09. The molecule has 0 unspecified atom stereocenters. The average Bonchev–Trinajstić information content (AvgIpc) is 2.65. The maximum Gasteiger partial charge on any atom is 0.338 e. The maximum atomic E-state index is 11.7. The molecule has 0 amide bonds. The Hall–Kier alpha value is -1.77. The van der Waals surface area contributed by atoms with Crippen LogP contribution in [0, 0.1) is 0 Å². The zero-order valence-electron chi connectivity index (χ0n) is 9.82. The van der Waals surface area contributed by atoms with E-state index in [1.165, 1.54) is 12.8 Å². The zero-order chi connectivity index (χ0) is 11.9. The molecule has 1 aromatic rings. The van der Waals surface area contributed by atoms with Crippen LogP contribution < -0.4 is 5.32 Å². The predicted octanol–water partition coefficient (Wildman–Crippen LogP) is 2.50. The van der Waals surface area contributed by atoms with Crippen LogP contribution in [0.2, 0.25) is 0 Å². The van der Waals surface area contributed by atoms with Crippen LogP contribution in [0.25, 0.3) is 0 Å². The topological polar surface area (TPSA) is 38.3 Å². The lowest BCUT2D eigenvalue weighted by molar-refractivity contribution is 0.0534. The Bertz CT molecular complexity index is 398. The molecule has 3 heteroatoms. The van der Waals surface area contributed by atoms with Crippen molar-refractivity contribution in [1.82, 2.24) is 5.32 Å². The lowest BCUT2D eigenvalue weighted by Gasteiger charge is -2.09. The van der Waals surface area contributed by atoms with Gasteiger partial charge in [0.1, 0.15) is 6.61 Å². The fourth-order valence-corrected chi connectivity index (χ4v) is 1.78. The minimum absolute atomic E-state index is 0.266. The molecule has 0 radical (unpaired) electrons. The molecule has 1 heterocycles. The monoisotopic (exact) mass is 231 g/mol. The molecule has 1 N–H and O–H groups in total. The third-order valence-electron chi connectivity index (χ3n) is 2.74. The molecule has 0 aliphatic carbocycles. The van der Waals surface area contributed by atoms with Crippen LogP contribution in [-0.2, 0) is 4.74 Å². The Balaban J connectivity index is 1.85. The van der Waals surface area contributed by atoms with E-state index in [1.54, 1.807) is 12.1 Å². The second-order valence-electron chi connectivity index (χ2n) is 4.09. The first kappa shape index (κ1) is 11.7. The van der Waals surface area contributed by atoms with Crippen LogP contribution in [-0.4, -0.2) is 19.1 Å². The molecule has 0 spiro atoms. The number of hydrogen-bond donors (Lipinski definition) is 1. The Morgan fingerprint density at radius 2 is 2.06 bits per heavy atom. The summed E-state index contributed by atoms with van der Waals surface area (Å²) in [5.41, 5.74) is 1.62. The summed E-state index contributed by atoms with van der Waals surface area (Å²) in [6.07, 6.45) is 5.55.